The largest absolute Gasteiger partial charge is 0.309 e. The summed E-state index contributed by atoms with van der Waals surface area (Å²) in [4.78, 5) is 0. The van der Waals surface area contributed by atoms with Gasteiger partial charge in [-0.05, 0) is 62.2 Å². The van der Waals surface area contributed by atoms with Gasteiger partial charge in [-0.2, -0.15) is 0 Å². The van der Waals surface area contributed by atoms with Crippen molar-refractivity contribution in [1.29, 1.82) is 0 Å². The number of aryl methyl sites for hydroxylation is 3. The van der Waals surface area contributed by atoms with Crippen LogP contribution in [0.2, 0.25) is 0 Å². The van der Waals surface area contributed by atoms with Crippen LogP contribution in [0.25, 0.3) is 0 Å². The smallest absolute Gasteiger partial charge is 0.131 e. The van der Waals surface area contributed by atoms with Crippen LogP contribution in [0.3, 0.4) is 0 Å². The number of nitrogens with one attached hydrogen (secondary N) is 1. The predicted octanol–water partition coefficient (Wildman–Crippen LogP) is 4.20. The molecule has 1 N–H and O–H groups in total. The molecule has 0 fully saturated rings. The van der Waals surface area contributed by atoms with E-state index in [1.54, 1.807) is 26.1 Å². The first kappa shape index (κ1) is 14.7. The first-order chi connectivity index (χ1) is 9.45. The van der Waals surface area contributed by atoms with Gasteiger partial charge < -0.3 is 5.32 Å². The van der Waals surface area contributed by atoms with Crippen LogP contribution in [-0.2, 0) is 0 Å². The van der Waals surface area contributed by atoms with Gasteiger partial charge in [0.15, 0.2) is 0 Å². The topological polar surface area (TPSA) is 12.0 Å². The first-order valence-electron chi connectivity index (χ1n) is 6.64. The molecule has 1 nitrogen and oxygen atoms in total. The van der Waals surface area contributed by atoms with Gasteiger partial charge in [0.05, 0.1) is 6.04 Å². The second-order valence-corrected chi connectivity index (χ2v) is 5.15. The minimum absolute atomic E-state index is 0.213. The zero-order chi connectivity index (χ0) is 14.9. The Morgan fingerprint density at radius 3 is 2.10 bits per heavy atom. The molecule has 2 aromatic carbocycles. The quantitative estimate of drug-likeness (QED) is 0.885. The van der Waals surface area contributed by atoms with Gasteiger partial charge in [-0.1, -0.05) is 18.2 Å². The number of hydrogen-bond donors (Lipinski definition) is 1. The van der Waals surface area contributed by atoms with Gasteiger partial charge in [0.2, 0.25) is 0 Å². The third-order valence-electron chi connectivity index (χ3n) is 3.67. The second-order valence-electron chi connectivity index (χ2n) is 5.15. The lowest BCUT2D eigenvalue weighted by Gasteiger charge is -2.23. The summed E-state index contributed by atoms with van der Waals surface area (Å²) >= 11 is 0. The van der Waals surface area contributed by atoms with Gasteiger partial charge in [0.25, 0.3) is 0 Å². The second kappa shape index (κ2) is 5.71. The molecule has 2 aromatic rings. The molecular weight excluding hydrogens is 256 g/mol. The summed E-state index contributed by atoms with van der Waals surface area (Å²) in [6.45, 7) is 5.45. The summed E-state index contributed by atoms with van der Waals surface area (Å²) < 4.78 is 27.8. The van der Waals surface area contributed by atoms with E-state index in [0.717, 1.165) is 16.7 Å². The van der Waals surface area contributed by atoms with Gasteiger partial charge in [0.1, 0.15) is 11.6 Å². The molecule has 0 bridgehead atoms. The van der Waals surface area contributed by atoms with E-state index < -0.39 is 0 Å². The van der Waals surface area contributed by atoms with E-state index in [9.17, 15) is 8.78 Å². The molecule has 0 saturated heterocycles. The van der Waals surface area contributed by atoms with E-state index in [1.807, 2.05) is 19.9 Å². The van der Waals surface area contributed by atoms with Crippen molar-refractivity contribution in [3.63, 3.8) is 0 Å². The zero-order valence-electron chi connectivity index (χ0n) is 12.2. The van der Waals surface area contributed by atoms with Crippen LogP contribution < -0.4 is 5.32 Å². The Bertz CT molecular complexity index is 612. The standard InChI is InChI=1S/C17H19F2N/c1-10-6-5-7-14(16(10)19)17(20-4)15-11(2)8-13(18)9-12(15)3/h5-9,17,20H,1-4H3. The monoisotopic (exact) mass is 275 g/mol. The Hall–Kier alpha value is -1.74. The molecule has 1 atom stereocenters. The van der Waals surface area contributed by atoms with Crippen LogP contribution in [0.15, 0.2) is 30.3 Å². The fourth-order valence-electron chi connectivity index (χ4n) is 2.73. The lowest BCUT2D eigenvalue weighted by molar-refractivity contribution is 0.565. The lowest BCUT2D eigenvalue weighted by atomic mass is 9.90. The Kier molecular flexibility index (Phi) is 4.19. The van der Waals surface area contributed by atoms with Gasteiger partial charge in [0, 0.05) is 5.56 Å². The minimum atomic E-state index is -0.282. The molecule has 0 aromatic heterocycles. The maximum absolute atomic E-state index is 14.4. The maximum Gasteiger partial charge on any atom is 0.131 e. The third kappa shape index (κ3) is 2.59. The molecule has 0 amide bonds. The molecule has 2 rings (SSSR count). The molecule has 0 radical (unpaired) electrons. The molecule has 3 heteroatoms. The van der Waals surface area contributed by atoms with Crippen molar-refractivity contribution in [2.45, 2.75) is 26.8 Å². The van der Waals surface area contributed by atoms with Crippen molar-refractivity contribution in [3.8, 4) is 0 Å². The van der Waals surface area contributed by atoms with Gasteiger partial charge in [-0.15, -0.1) is 0 Å². The third-order valence-corrected chi connectivity index (χ3v) is 3.67. The van der Waals surface area contributed by atoms with Gasteiger partial charge >= 0.3 is 0 Å². The summed E-state index contributed by atoms with van der Waals surface area (Å²) in [5, 5.41) is 3.14. The summed E-state index contributed by atoms with van der Waals surface area (Å²) in [7, 11) is 1.79. The molecule has 0 aliphatic rings. The van der Waals surface area contributed by atoms with Crippen molar-refractivity contribution in [1.82, 2.24) is 5.32 Å². The Balaban J connectivity index is 2.62. The Morgan fingerprint density at radius 2 is 1.55 bits per heavy atom. The number of rotatable bonds is 3. The van der Waals surface area contributed by atoms with Gasteiger partial charge in [-0.3, -0.25) is 0 Å². The summed E-state index contributed by atoms with van der Waals surface area (Å²) in [6, 6.07) is 8.05. The molecule has 0 heterocycles. The highest BCUT2D eigenvalue weighted by atomic mass is 19.1. The van der Waals surface area contributed by atoms with E-state index in [1.165, 1.54) is 12.1 Å². The Morgan fingerprint density at radius 1 is 0.950 bits per heavy atom. The molecule has 0 aliphatic carbocycles. The number of halogens is 2. The van der Waals surface area contributed by atoms with Crippen molar-refractivity contribution >= 4 is 0 Å². The molecule has 20 heavy (non-hydrogen) atoms. The highest BCUT2D eigenvalue weighted by molar-refractivity contribution is 5.43. The lowest BCUT2D eigenvalue weighted by Crippen LogP contribution is -2.21. The van der Waals surface area contributed by atoms with Crippen molar-refractivity contribution < 1.29 is 8.78 Å². The first-order valence-corrected chi connectivity index (χ1v) is 6.64. The molecular formula is C17H19F2N. The van der Waals surface area contributed by atoms with Crippen LogP contribution in [-0.4, -0.2) is 7.05 Å². The van der Waals surface area contributed by atoms with Crippen molar-refractivity contribution in [3.05, 3.63) is 69.8 Å². The maximum atomic E-state index is 14.4. The number of benzene rings is 2. The minimum Gasteiger partial charge on any atom is -0.309 e. The summed E-state index contributed by atoms with van der Waals surface area (Å²) in [5.74, 6) is -0.474. The predicted molar refractivity (Wildman–Crippen MR) is 77.9 cm³/mol. The normalized spacial score (nSPS) is 12.5. The van der Waals surface area contributed by atoms with Crippen LogP contribution in [0.5, 0.6) is 0 Å². The van der Waals surface area contributed by atoms with Crippen LogP contribution in [0.1, 0.15) is 33.9 Å². The fraction of sp³-hybridized carbons (Fsp3) is 0.294. The van der Waals surface area contributed by atoms with Crippen molar-refractivity contribution in [2.75, 3.05) is 7.05 Å². The Labute approximate surface area is 118 Å². The highest BCUT2D eigenvalue weighted by Gasteiger charge is 2.21. The van der Waals surface area contributed by atoms with E-state index in [2.05, 4.69) is 5.32 Å². The zero-order valence-corrected chi connectivity index (χ0v) is 12.2. The molecule has 0 aliphatic heterocycles. The average molecular weight is 275 g/mol. The SMILES string of the molecule is CNC(c1cccc(C)c1F)c1c(C)cc(F)cc1C. The fourth-order valence-corrected chi connectivity index (χ4v) is 2.73. The molecule has 0 saturated carbocycles. The summed E-state index contributed by atoms with van der Waals surface area (Å²) in [5.41, 5.74) is 3.77. The molecule has 0 spiro atoms. The van der Waals surface area contributed by atoms with E-state index >= 15 is 0 Å². The average Bonchev–Trinajstić information content (AvgIpc) is 2.37. The van der Waals surface area contributed by atoms with Crippen molar-refractivity contribution in [2.24, 2.45) is 0 Å². The van der Waals surface area contributed by atoms with Crippen LogP contribution in [0.4, 0.5) is 8.78 Å². The van der Waals surface area contributed by atoms with E-state index in [-0.39, 0.29) is 17.7 Å². The number of hydrogen-bond acceptors (Lipinski definition) is 1. The van der Waals surface area contributed by atoms with Crippen LogP contribution >= 0.6 is 0 Å². The van der Waals surface area contributed by atoms with Gasteiger partial charge in [-0.25, -0.2) is 8.78 Å². The van der Waals surface area contributed by atoms with Crippen LogP contribution in [0, 0.1) is 32.4 Å². The summed E-state index contributed by atoms with van der Waals surface area (Å²) in [6.07, 6.45) is 0. The van der Waals surface area contributed by atoms with E-state index in [0.29, 0.717) is 11.1 Å². The van der Waals surface area contributed by atoms with E-state index in [4.69, 9.17) is 0 Å². The molecule has 1 unspecified atom stereocenters. The molecule has 106 valence electrons. The highest BCUT2D eigenvalue weighted by Crippen LogP contribution is 2.30.